The van der Waals surface area contributed by atoms with E-state index in [2.05, 4.69) is 16.8 Å². The average molecular weight is 243 g/mol. The molecule has 0 fully saturated rings. The van der Waals surface area contributed by atoms with Gasteiger partial charge in [0.05, 0.1) is 17.5 Å². The van der Waals surface area contributed by atoms with Crippen molar-refractivity contribution in [1.82, 2.24) is 9.78 Å². The number of allylic oxidation sites excluding steroid dienone is 3. The van der Waals surface area contributed by atoms with Crippen LogP contribution in [0.3, 0.4) is 0 Å². The highest BCUT2D eigenvalue weighted by molar-refractivity contribution is 5.85. The Balaban J connectivity index is 2.55. The predicted molar refractivity (Wildman–Crippen MR) is 73.1 cm³/mol. The molecule has 0 saturated carbocycles. The van der Waals surface area contributed by atoms with Crippen LogP contribution in [0.4, 0.5) is 4.39 Å². The van der Waals surface area contributed by atoms with Crippen LogP contribution in [0.1, 0.15) is 12.5 Å². The average Bonchev–Trinajstić information content (AvgIpc) is 2.70. The Morgan fingerprint density at radius 2 is 2.28 bits per heavy atom. The van der Waals surface area contributed by atoms with E-state index in [0.717, 1.165) is 16.5 Å². The Bertz CT molecular complexity index is 646. The number of hydrogen-bond acceptors (Lipinski definition) is 2. The smallest absolute Gasteiger partial charge is 0.0975 e. The number of fused-ring (bicyclic) bond motifs is 1. The summed E-state index contributed by atoms with van der Waals surface area (Å²) in [5, 5.41) is 5.18. The van der Waals surface area contributed by atoms with Gasteiger partial charge < -0.3 is 0 Å². The van der Waals surface area contributed by atoms with Gasteiger partial charge in [0.15, 0.2) is 0 Å². The van der Waals surface area contributed by atoms with Gasteiger partial charge in [-0.2, -0.15) is 5.10 Å². The van der Waals surface area contributed by atoms with Crippen LogP contribution in [0, 0.1) is 0 Å². The molecule has 0 aliphatic heterocycles. The Kier molecular flexibility index (Phi) is 3.37. The van der Waals surface area contributed by atoms with Crippen molar-refractivity contribution in [2.75, 3.05) is 0 Å². The summed E-state index contributed by atoms with van der Waals surface area (Å²) in [6.07, 6.45) is 4.76. The summed E-state index contributed by atoms with van der Waals surface area (Å²) in [7, 11) is 1.88. The van der Waals surface area contributed by atoms with Gasteiger partial charge in [-0.3, -0.25) is 9.67 Å². The summed E-state index contributed by atoms with van der Waals surface area (Å²) in [5.74, 6) is -0.267. The number of aliphatic imine (C=N–C) groups is 1. The molecule has 3 nitrogen and oxygen atoms in total. The second kappa shape index (κ2) is 4.96. The molecule has 92 valence electrons. The van der Waals surface area contributed by atoms with Gasteiger partial charge in [0, 0.05) is 24.2 Å². The minimum absolute atomic E-state index is 0.267. The third-order valence-corrected chi connectivity index (χ3v) is 2.66. The van der Waals surface area contributed by atoms with E-state index in [1.54, 1.807) is 17.1 Å². The van der Waals surface area contributed by atoms with Gasteiger partial charge in [0.25, 0.3) is 0 Å². The maximum Gasteiger partial charge on any atom is 0.0975 e. The van der Waals surface area contributed by atoms with E-state index in [9.17, 15) is 4.39 Å². The van der Waals surface area contributed by atoms with Gasteiger partial charge in [0.2, 0.25) is 0 Å². The summed E-state index contributed by atoms with van der Waals surface area (Å²) >= 11 is 0. The molecule has 0 aliphatic rings. The van der Waals surface area contributed by atoms with Crippen molar-refractivity contribution in [1.29, 1.82) is 0 Å². The zero-order valence-electron chi connectivity index (χ0n) is 10.4. The SMILES string of the molecule is C=N/C=C(\C=C(/C)F)c1ccc2c(cnn2C)c1. The summed E-state index contributed by atoms with van der Waals surface area (Å²) in [4.78, 5) is 3.71. The fourth-order valence-corrected chi connectivity index (χ4v) is 1.85. The molecule has 4 heteroatoms. The molecule has 1 heterocycles. The lowest BCUT2D eigenvalue weighted by Crippen LogP contribution is -1.89. The molecule has 0 atom stereocenters. The van der Waals surface area contributed by atoms with Crippen LogP contribution in [0.25, 0.3) is 16.5 Å². The molecule has 0 bridgehead atoms. The van der Waals surface area contributed by atoms with Gasteiger partial charge in [-0.05, 0) is 37.4 Å². The molecular weight excluding hydrogens is 229 g/mol. The van der Waals surface area contributed by atoms with E-state index < -0.39 is 0 Å². The fraction of sp³-hybridized carbons (Fsp3) is 0.143. The van der Waals surface area contributed by atoms with Crippen molar-refractivity contribution >= 4 is 23.2 Å². The van der Waals surface area contributed by atoms with E-state index in [1.165, 1.54) is 13.0 Å². The zero-order chi connectivity index (χ0) is 13.1. The highest BCUT2D eigenvalue weighted by atomic mass is 19.1. The molecular formula is C14H14FN3. The van der Waals surface area contributed by atoms with E-state index in [1.807, 2.05) is 25.2 Å². The van der Waals surface area contributed by atoms with Crippen LogP contribution in [-0.2, 0) is 7.05 Å². The van der Waals surface area contributed by atoms with Crippen LogP contribution in [0.15, 0.2) is 47.5 Å². The Labute approximate surface area is 105 Å². The number of hydrogen-bond donors (Lipinski definition) is 0. The van der Waals surface area contributed by atoms with Crippen molar-refractivity contribution in [3.8, 4) is 0 Å². The van der Waals surface area contributed by atoms with Crippen molar-refractivity contribution in [3.05, 3.63) is 48.1 Å². The second-order valence-electron chi connectivity index (χ2n) is 4.04. The lowest BCUT2D eigenvalue weighted by atomic mass is 10.0. The lowest BCUT2D eigenvalue weighted by Gasteiger charge is -2.02. The van der Waals surface area contributed by atoms with E-state index in [-0.39, 0.29) is 5.83 Å². The lowest BCUT2D eigenvalue weighted by molar-refractivity contribution is 0.641. The number of benzene rings is 1. The third kappa shape index (κ3) is 2.37. The number of aromatic nitrogens is 2. The Morgan fingerprint density at radius 1 is 1.50 bits per heavy atom. The monoisotopic (exact) mass is 243 g/mol. The topological polar surface area (TPSA) is 30.2 Å². The Morgan fingerprint density at radius 3 is 2.94 bits per heavy atom. The molecule has 0 unspecified atom stereocenters. The van der Waals surface area contributed by atoms with Crippen LogP contribution in [0.2, 0.25) is 0 Å². The standard InChI is InChI=1S/C14H14FN3/c1-10(15)6-12(8-16-2)11-4-5-14-13(7-11)9-17-18(14)3/h4-9H,2H2,1,3H3/b10-6+,12-8+. The van der Waals surface area contributed by atoms with Crippen molar-refractivity contribution < 1.29 is 4.39 Å². The van der Waals surface area contributed by atoms with Crippen molar-refractivity contribution in [2.45, 2.75) is 6.92 Å². The van der Waals surface area contributed by atoms with Gasteiger partial charge >= 0.3 is 0 Å². The first-order valence-corrected chi connectivity index (χ1v) is 5.54. The highest BCUT2D eigenvalue weighted by Gasteiger charge is 2.04. The number of aryl methyl sites for hydroxylation is 1. The van der Waals surface area contributed by atoms with Crippen LogP contribution in [-0.4, -0.2) is 16.5 Å². The molecule has 1 aromatic heterocycles. The molecule has 2 aromatic rings. The van der Waals surface area contributed by atoms with E-state index in [4.69, 9.17) is 0 Å². The molecule has 1 aromatic carbocycles. The summed E-state index contributed by atoms with van der Waals surface area (Å²) in [6, 6.07) is 5.83. The second-order valence-corrected chi connectivity index (χ2v) is 4.04. The zero-order valence-corrected chi connectivity index (χ0v) is 10.4. The van der Waals surface area contributed by atoms with Crippen LogP contribution < -0.4 is 0 Å². The highest BCUT2D eigenvalue weighted by Crippen LogP contribution is 2.23. The number of nitrogens with zero attached hydrogens (tertiary/aromatic N) is 3. The maximum atomic E-state index is 13.0. The summed E-state index contributed by atoms with van der Waals surface area (Å²) in [5.41, 5.74) is 2.61. The number of rotatable bonds is 3. The van der Waals surface area contributed by atoms with Crippen LogP contribution in [0.5, 0.6) is 0 Å². The molecule has 2 rings (SSSR count). The van der Waals surface area contributed by atoms with E-state index in [0.29, 0.717) is 5.57 Å². The molecule has 0 saturated heterocycles. The third-order valence-electron chi connectivity index (χ3n) is 2.66. The first kappa shape index (κ1) is 12.2. The first-order valence-electron chi connectivity index (χ1n) is 5.54. The Hall–Kier alpha value is -2.23. The summed E-state index contributed by atoms with van der Waals surface area (Å²) in [6.45, 7) is 4.81. The van der Waals surface area contributed by atoms with Gasteiger partial charge in [0.1, 0.15) is 0 Å². The van der Waals surface area contributed by atoms with Gasteiger partial charge in [-0.15, -0.1) is 0 Å². The van der Waals surface area contributed by atoms with Gasteiger partial charge in [-0.25, -0.2) is 4.39 Å². The van der Waals surface area contributed by atoms with Crippen LogP contribution >= 0.6 is 0 Å². The molecule has 18 heavy (non-hydrogen) atoms. The predicted octanol–water partition coefficient (Wildman–Crippen LogP) is 3.49. The van der Waals surface area contributed by atoms with Crippen molar-refractivity contribution in [2.24, 2.45) is 12.0 Å². The normalized spacial score (nSPS) is 13.1. The molecule has 0 amide bonds. The molecule has 0 radical (unpaired) electrons. The first-order chi connectivity index (χ1) is 8.61. The minimum Gasteiger partial charge on any atom is -0.272 e. The van der Waals surface area contributed by atoms with Gasteiger partial charge in [-0.1, -0.05) is 6.07 Å². The molecule has 0 spiro atoms. The summed E-state index contributed by atoms with van der Waals surface area (Å²) < 4.78 is 14.8. The number of halogens is 1. The van der Waals surface area contributed by atoms with Crippen molar-refractivity contribution in [3.63, 3.8) is 0 Å². The largest absolute Gasteiger partial charge is 0.272 e. The van der Waals surface area contributed by atoms with E-state index >= 15 is 0 Å². The molecule has 0 N–H and O–H groups in total. The minimum atomic E-state index is -0.267. The molecule has 0 aliphatic carbocycles. The maximum absolute atomic E-state index is 13.0. The quantitative estimate of drug-likeness (QED) is 0.599. The fourth-order valence-electron chi connectivity index (χ4n) is 1.85.